The number of benzene rings is 2. The molecule has 31 heavy (non-hydrogen) atoms. The first kappa shape index (κ1) is 23.9. The van der Waals surface area contributed by atoms with E-state index in [1.807, 2.05) is 38.1 Å². The van der Waals surface area contributed by atoms with Gasteiger partial charge in [0.05, 0.1) is 6.54 Å². The first-order valence-electron chi connectivity index (χ1n) is 10.5. The highest BCUT2D eigenvalue weighted by molar-refractivity contribution is 5.95. The van der Waals surface area contributed by atoms with Crippen LogP contribution in [0, 0.1) is 0 Å². The molecule has 3 amide bonds. The van der Waals surface area contributed by atoms with Gasteiger partial charge in [0.2, 0.25) is 11.8 Å². The molecule has 2 rings (SSSR count). The molecule has 1 atom stereocenters. The largest absolute Gasteiger partial charge is 0.376 e. The number of nitrogens with one attached hydrogen (secondary N) is 3. The maximum absolute atomic E-state index is 12.3. The molecule has 0 saturated carbocycles. The number of aryl methyl sites for hydroxylation is 1. The Balaban J connectivity index is 1.83. The lowest BCUT2D eigenvalue weighted by Gasteiger charge is -2.12. The lowest BCUT2D eigenvalue weighted by molar-refractivity contribution is -0.128. The van der Waals surface area contributed by atoms with E-state index in [9.17, 15) is 14.4 Å². The Labute approximate surface area is 184 Å². The first-order chi connectivity index (χ1) is 14.8. The van der Waals surface area contributed by atoms with Crippen LogP contribution in [0.5, 0.6) is 0 Å². The summed E-state index contributed by atoms with van der Waals surface area (Å²) in [6.07, 6.45) is 1.92. The predicted molar refractivity (Wildman–Crippen MR) is 124 cm³/mol. The van der Waals surface area contributed by atoms with Gasteiger partial charge in [0.1, 0.15) is 0 Å². The highest BCUT2D eigenvalue weighted by Gasteiger charge is 2.09. The summed E-state index contributed by atoms with van der Waals surface area (Å²) in [5, 5.41) is 8.84. The monoisotopic (exact) mass is 424 g/mol. The van der Waals surface area contributed by atoms with Gasteiger partial charge in [-0.15, -0.1) is 0 Å². The minimum Gasteiger partial charge on any atom is -0.376 e. The van der Waals surface area contributed by atoms with Crippen molar-refractivity contribution in [2.45, 2.75) is 39.2 Å². The van der Waals surface area contributed by atoms with E-state index in [-0.39, 0.29) is 30.3 Å². The zero-order valence-corrected chi connectivity index (χ0v) is 18.7. The number of nitrogens with zero attached hydrogens (tertiary/aromatic N) is 1. The van der Waals surface area contributed by atoms with E-state index in [2.05, 4.69) is 16.0 Å². The molecule has 0 saturated heterocycles. The van der Waals surface area contributed by atoms with Crippen molar-refractivity contribution in [3.8, 4) is 0 Å². The minimum atomic E-state index is -0.180. The van der Waals surface area contributed by atoms with Crippen molar-refractivity contribution >= 4 is 29.1 Å². The molecule has 0 aliphatic rings. The van der Waals surface area contributed by atoms with Gasteiger partial charge >= 0.3 is 0 Å². The zero-order valence-electron chi connectivity index (χ0n) is 18.7. The van der Waals surface area contributed by atoms with Gasteiger partial charge in [0.15, 0.2) is 0 Å². The predicted octanol–water partition coefficient (Wildman–Crippen LogP) is 3.29. The van der Waals surface area contributed by atoms with Gasteiger partial charge < -0.3 is 20.9 Å². The normalized spacial score (nSPS) is 11.4. The van der Waals surface area contributed by atoms with Gasteiger partial charge in [-0.2, -0.15) is 0 Å². The molecule has 0 fully saturated rings. The Morgan fingerprint density at radius 1 is 1.00 bits per heavy atom. The molecule has 0 aliphatic heterocycles. The van der Waals surface area contributed by atoms with Crippen LogP contribution >= 0.6 is 0 Å². The van der Waals surface area contributed by atoms with Crippen molar-refractivity contribution in [2.24, 2.45) is 0 Å². The molecular formula is C24H32N4O3. The molecule has 0 aromatic heterocycles. The fourth-order valence-electron chi connectivity index (χ4n) is 2.82. The van der Waals surface area contributed by atoms with Gasteiger partial charge in [-0.25, -0.2) is 0 Å². The van der Waals surface area contributed by atoms with E-state index in [0.29, 0.717) is 24.1 Å². The Bertz CT molecular complexity index is 894. The maximum Gasteiger partial charge on any atom is 0.251 e. The molecule has 166 valence electrons. The Kier molecular flexibility index (Phi) is 9.06. The summed E-state index contributed by atoms with van der Waals surface area (Å²) in [7, 11) is 3.47. The molecule has 2 aromatic rings. The summed E-state index contributed by atoms with van der Waals surface area (Å²) < 4.78 is 0. The molecule has 0 aliphatic carbocycles. The van der Waals surface area contributed by atoms with E-state index >= 15 is 0 Å². The van der Waals surface area contributed by atoms with Gasteiger partial charge in [0, 0.05) is 43.5 Å². The van der Waals surface area contributed by atoms with Crippen LogP contribution in [0.4, 0.5) is 11.4 Å². The Morgan fingerprint density at radius 2 is 1.71 bits per heavy atom. The van der Waals surface area contributed by atoms with Crippen molar-refractivity contribution in [1.82, 2.24) is 10.2 Å². The minimum absolute atomic E-state index is 0.0713. The third-order valence-electron chi connectivity index (χ3n) is 4.93. The van der Waals surface area contributed by atoms with Crippen LogP contribution in [0.2, 0.25) is 0 Å². The molecule has 0 bridgehead atoms. The standard InChI is InChI=1S/C24H32N4O3/c1-5-17(2)26-24(31)19-10-12-20(13-11-19)25-16-22(29)27-21-8-6-7-18(15-21)9-14-23(30)28(3)4/h6-8,10-13,15,17,25H,5,9,14,16H2,1-4H3,(H,26,31)(H,27,29). The van der Waals surface area contributed by atoms with E-state index in [1.54, 1.807) is 43.3 Å². The van der Waals surface area contributed by atoms with Crippen molar-refractivity contribution in [3.63, 3.8) is 0 Å². The number of rotatable bonds is 10. The number of carbonyl (C=O) groups excluding carboxylic acids is 3. The summed E-state index contributed by atoms with van der Waals surface area (Å²) in [5.41, 5.74) is 3.02. The summed E-state index contributed by atoms with van der Waals surface area (Å²) in [4.78, 5) is 37.7. The fourth-order valence-corrected chi connectivity index (χ4v) is 2.82. The number of hydrogen-bond acceptors (Lipinski definition) is 4. The van der Waals surface area contributed by atoms with E-state index in [4.69, 9.17) is 0 Å². The SMILES string of the molecule is CCC(C)NC(=O)c1ccc(NCC(=O)Nc2cccc(CCC(=O)N(C)C)c2)cc1. The van der Waals surface area contributed by atoms with Crippen LogP contribution in [-0.4, -0.2) is 49.3 Å². The van der Waals surface area contributed by atoms with Gasteiger partial charge in [0.25, 0.3) is 5.91 Å². The van der Waals surface area contributed by atoms with Crippen LogP contribution in [0.15, 0.2) is 48.5 Å². The molecule has 0 heterocycles. The lowest BCUT2D eigenvalue weighted by Crippen LogP contribution is -2.31. The third-order valence-corrected chi connectivity index (χ3v) is 4.93. The van der Waals surface area contributed by atoms with Gasteiger partial charge in [-0.05, 0) is 61.7 Å². The molecule has 7 heteroatoms. The molecular weight excluding hydrogens is 392 g/mol. The summed E-state index contributed by atoms with van der Waals surface area (Å²) in [5.74, 6) is -0.215. The Morgan fingerprint density at radius 3 is 2.35 bits per heavy atom. The molecule has 2 aromatic carbocycles. The van der Waals surface area contributed by atoms with E-state index in [1.165, 1.54) is 0 Å². The smallest absolute Gasteiger partial charge is 0.251 e. The van der Waals surface area contributed by atoms with Crippen molar-refractivity contribution < 1.29 is 14.4 Å². The van der Waals surface area contributed by atoms with Gasteiger partial charge in [-0.3, -0.25) is 14.4 Å². The zero-order chi connectivity index (χ0) is 22.8. The van der Waals surface area contributed by atoms with Crippen molar-refractivity contribution in [2.75, 3.05) is 31.3 Å². The van der Waals surface area contributed by atoms with Crippen LogP contribution in [0.3, 0.4) is 0 Å². The van der Waals surface area contributed by atoms with E-state index < -0.39 is 0 Å². The lowest BCUT2D eigenvalue weighted by atomic mass is 10.1. The molecule has 1 unspecified atom stereocenters. The maximum atomic E-state index is 12.3. The Hall–Kier alpha value is -3.35. The van der Waals surface area contributed by atoms with Crippen LogP contribution in [0.1, 0.15) is 42.6 Å². The van der Waals surface area contributed by atoms with Crippen molar-refractivity contribution in [1.29, 1.82) is 0 Å². The van der Waals surface area contributed by atoms with Crippen LogP contribution < -0.4 is 16.0 Å². The average Bonchev–Trinajstić information content (AvgIpc) is 2.76. The van der Waals surface area contributed by atoms with Crippen molar-refractivity contribution in [3.05, 3.63) is 59.7 Å². The molecule has 0 radical (unpaired) electrons. The highest BCUT2D eigenvalue weighted by Crippen LogP contribution is 2.13. The second-order valence-corrected chi connectivity index (χ2v) is 7.75. The second-order valence-electron chi connectivity index (χ2n) is 7.75. The first-order valence-corrected chi connectivity index (χ1v) is 10.5. The highest BCUT2D eigenvalue weighted by atomic mass is 16.2. The van der Waals surface area contributed by atoms with Crippen LogP contribution in [-0.2, 0) is 16.0 Å². The second kappa shape index (κ2) is 11.7. The summed E-state index contributed by atoms with van der Waals surface area (Å²) in [6.45, 7) is 4.08. The van der Waals surface area contributed by atoms with E-state index in [0.717, 1.165) is 17.7 Å². The number of amides is 3. The quantitative estimate of drug-likeness (QED) is 0.546. The molecule has 0 spiro atoms. The number of hydrogen-bond donors (Lipinski definition) is 3. The van der Waals surface area contributed by atoms with Crippen LogP contribution in [0.25, 0.3) is 0 Å². The summed E-state index contributed by atoms with van der Waals surface area (Å²) >= 11 is 0. The topological polar surface area (TPSA) is 90.5 Å². The fraction of sp³-hybridized carbons (Fsp3) is 0.375. The third kappa shape index (κ3) is 8.12. The number of carbonyl (C=O) groups is 3. The number of anilines is 2. The average molecular weight is 425 g/mol. The summed E-state index contributed by atoms with van der Waals surface area (Å²) in [6, 6.07) is 14.7. The van der Waals surface area contributed by atoms with Gasteiger partial charge in [-0.1, -0.05) is 19.1 Å². The molecule has 3 N–H and O–H groups in total. The molecule has 7 nitrogen and oxygen atoms in total.